The SMILES string of the molecule is COC(=O)[C@]12CCC(C)(C)C[C@H]1C1=CC(=O)[C@]3(O)[C@@](C)(CC[C@H]4C(C)(C)C(=O)O[C@]43C)[C@]1(C)CC2. The minimum atomic E-state index is -1.83. The van der Waals surface area contributed by atoms with Crippen LogP contribution in [0.15, 0.2) is 11.6 Å². The van der Waals surface area contributed by atoms with E-state index in [1.807, 2.05) is 20.8 Å². The van der Waals surface area contributed by atoms with Gasteiger partial charge in [-0.1, -0.05) is 33.3 Å². The Morgan fingerprint density at radius 2 is 1.63 bits per heavy atom. The summed E-state index contributed by atoms with van der Waals surface area (Å²) in [6, 6.07) is 0. The Balaban J connectivity index is 1.71. The van der Waals surface area contributed by atoms with E-state index >= 15 is 0 Å². The van der Waals surface area contributed by atoms with Gasteiger partial charge in [-0.2, -0.15) is 0 Å². The minimum Gasteiger partial charge on any atom is -0.469 e. The molecule has 0 aromatic carbocycles. The average molecular weight is 487 g/mol. The summed E-state index contributed by atoms with van der Waals surface area (Å²) in [5.74, 6) is -1.28. The van der Waals surface area contributed by atoms with E-state index in [1.54, 1.807) is 13.0 Å². The molecule has 6 heteroatoms. The van der Waals surface area contributed by atoms with Crippen LogP contribution >= 0.6 is 0 Å². The molecular weight excluding hydrogens is 444 g/mol. The summed E-state index contributed by atoms with van der Waals surface area (Å²) < 4.78 is 11.4. The van der Waals surface area contributed by atoms with Gasteiger partial charge in [0.05, 0.1) is 17.9 Å². The number of ketones is 1. The molecule has 35 heavy (non-hydrogen) atoms. The van der Waals surface area contributed by atoms with E-state index in [0.29, 0.717) is 25.7 Å². The third kappa shape index (κ3) is 2.58. The zero-order valence-electron chi connectivity index (χ0n) is 22.7. The number of carbonyl (C=O) groups excluding carboxylic acids is 3. The highest BCUT2D eigenvalue weighted by Gasteiger charge is 2.80. The van der Waals surface area contributed by atoms with Gasteiger partial charge in [0, 0.05) is 11.3 Å². The van der Waals surface area contributed by atoms with E-state index in [-0.39, 0.29) is 35.0 Å². The summed E-state index contributed by atoms with van der Waals surface area (Å²) in [4.78, 5) is 40.4. The number of ether oxygens (including phenoxy) is 2. The maximum Gasteiger partial charge on any atom is 0.312 e. The van der Waals surface area contributed by atoms with Crippen molar-refractivity contribution in [1.29, 1.82) is 0 Å². The third-order valence-corrected chi connectivity index (χ3v) is 12.0. The average Bonchev–Trinajstić information content (AvgIpc) is 2.96. The molecule has 1 aliphatic heterocycles. The van der Waals surface area contributed by atoms with Crippen molar-refractivity contribution >= 4 is 17.7 Å². The Kier molecular flexibility index (Phi) is 4.84. The van der Waals surface area contributed by atoms with E-state index in [2.05, 4.69) is 20.8 Å². The Hall–Kier alpha value is -1.69. The van der Waals surface area contributed by atoms with Gasteiger partial charge < -0.3 is 14.6 Å². The number of esters is 2. The van der Waals surface area contributed by atoms with Gasteiger partial charge in [0.15, 0.2) is 11.4 Å². The molecule has 4 aliphatic carbocycles. The fraction of sp³-hybridized carbons (Fsp3) is 0.828. The number of hydrogen-bond acceptors (Lipinski definition) is 6. The van der Waals surface area contributed by atoms with Crippen molar-refractivity contribution in [2.45, 2.75) is 105 Å². The van der Waals surface area contributed by atoms with Crippen LogP contribution in [0.4, 0.5) is 0 Å². The highest BCUT2D eigenvalue weighted by molar-refractivity contribution is 6.02. The van der Waals surface area contributed by atoms with Crippen LogP contribution in [0.25, 0.3) is 0 Å². The molecule has 0 aromatic rings. The van der Waals surface area contributed by atoms with Crippen LogP contribution in [0, 0.1) is 38.9 Å². The standard InChI is InChI=1S/C29H42O6/c1-23(2)11-13-28(22(32)34-8)14-12-25(5)17(18(28)16-23)15-20(30)29(33)26(25,6)10-9-19-24(3,4)21(31)35-27(19,29)7/h15,18-19,33H,9-14,16H2,1-8H3/t18-,19-,25+,26-,27+,28-,29-/m0/s1. The molecule has 0 bridgehead atoms. The van der Waals surface area contributed by atoms with Crippen LogP contribution in [-0.4, -0.2) is 41.1 Å². The number of methoxy groups -OCH3 is 1. The van der Waals surface area contributed by atoms with Gasteiger partial charge in [-0.25, -0.2) is 0 Å². The summed E-state index contributed by atoms with van der Waals surface area (Å²) in [7, 11) is 1.46. The van der Waals surface area contributed by atoms with Crippen molar-refractivity contribution in [3.63, 3.8) is 0 Å². The fourth-order valence-corrected chi connectivity index (χ4v) is 9.49. The second-order valence-electron chi connectivity index (χ2n) is 14.2. The van der Waals surface area contributed by atoms with E-state index in [1.165, 1.54) is 7.11 Å². The molecule has 3 saturated carbocycles. The zero-order chi connectivity index (χ0) is 26.0. The van der Waals surface area contributed by atoms with Crippen molar-refractivity contribution in [1.82, 2.24) is 0 Å². The van der Waals surface area contributed by atoms with E-state index in [4.69, 9.17) is 9.47 Å². The number of hydrogen-bond donors (Lipinski definition) is 1. The second kappa shape index (κ2) is 6.79. The molecule has 5 aliphatic rings. The van der Waals surface area contributed by atoms with Gasteiger partial charge in [-0.3, -0.25) is 14.4 Å². The van der Waals surface area contributed by atoms with Crippen LogP contribution in [0.5, 0.6) is 0 Å². The molecule has 0 unspecified atom stereocenters. The lowest BCUT2D eigenvalue weighted by Gasteiger charge is -2.69. The minimum absolute atomic E-state index is 0.0353. The fourth-order valence-electron chi connectivity index (χ4n) is 9.49. The van der Waals surface area contributed by atoms with Crippen molar-refractivity contribution < 1.29 is 29.0 Å². The van der Waals surface area contributed by atoms with Crippen LogP contribution in [0.3, 0.4) is 0 Å². The van der Waals surface area contributed by atoms with Crippen molar-refractivity contribution in [2.24, 2.45) is 38.9 Å². The van der Waals surface area contributed by atoms with Crippen molar-refractivity contribution in [3.05, 3.63) is 11.6 Å². The number of allylic oxidation sites excluding steroid dienone is 1. The predicted molar refractivity (Wildman–Crippen MR) is 130 cm³/mol. The molecule has 1 saturated heterocycles. The summed E-state index contributed by atoms with van der Waals surface area (Å²) in [5, 5.41) is 12.6. The number of rotatable bonds is 1. The Bertz CT molecular complexity index is 1060. The van der Waals surface area contributed by atoms with Gasteiger partial charge in [0.25, 0.3) is 0 Å². The topological polar surface area (TPSA) is 89.9 Å². The van der Waals surface area contributed by atoms with E-state index in [0.717, 1.165) is 24.8 Å². The van der Waals surface area contributed by atoms with E-state index in [9.17, 15) is 19.5 Å². The summed E-state index contributed by atoms with van der Waals surface area (Å²) in [5.41, 5.74) is -4.86. The second-order valence-corrected chi connectivity index (χ2v) is 14.2. The maximum atomic E-state index is 14.2. The lowest BCUT2D eigenvalue weighted by Crippen LogP contribution is -2.77. The number of aliphatic hydroxyl groups is 1. The Morgan fingerprint density at radius 3 is 2.26 bits per heavy atom. The number of fused-ring (bicyclic) bond motifs is 7. The molecule has 1 N–H and O–H groups in total. The van der Waals surface area contributed by atoms with Gasteiger partial charge in [0.2, 0.25) is 0 Å². The lowest BCUT2D eigenvalue weighted by molar-refractivity contribution is -0.263. The van der Waals surface area contributed by atoms with Crippen molar-refractivity contribution in [3.8, 4) is 0 Å². The summed E-state index contributed by atoms with van der Waals surface area (Å²) in [6.07, 6.45) is 6.78. The van der Waals surface area contributed by atoms with Crippen molar-refractivity contribution in [2.75, 3.05) is 7.11 Å². The molecule has 0 radical (unpaired) electrons. The van der Waals surface area contributed by atoms with Crippen LogP contribution in [-0.2, 0) is 23.9 Å². The smallest absolute Gasteiger partial charge is 0.312 e. The first kappa shape index (κ1) is 25.0. The monoisotopic (exact) mass is 486 g/mol. The quantitative estimate of drug-likeness (QED) is 0.537. The molecule has 194 valence electrons. The molecule has 4 fully saturated rings. The first-order chi connectivity index (χ1) is 16.0. The van der Waals surface area contributed by atoms with Gasteiger partial charge >= 0.3 is 11.9 Å². The number of carbonyl (C=O) groups is 3. The van der Waals surface area contributed by atoms with Crippen LogP contribution in [0.1, 0.15) is 93.4 Å². The maximum absolute atomic E-state index is 14.2. The lowest BCUT2D eigenvalue weighted by atomic mass is 9.35. The molecule has 1 heterocycles. The highest BCUT2D eigenvalue weighted by atomic mass is 16.6. The molecule has 0 amide bonds. The highest BCUT2D eigenvalue weighted by Crippen LogP contribution is 2.74. The Morgan fingerprint density at radius 1 is 1.00 bits per heavy atom. The molecule has 0 aromatic heterocycles. The molecular formula is C29H42O6. The first-order valence-corrected chi connectivity index (χ1v) is 13.3. The van der Waals surface area contributed by atoms with Gasteiger partial charge in [0.1, 0.15) is 5.60 Å². The third-order valence-electron chi connectivity index (χ3n) is 12.0. The van der Waals surface area contributed by atoms with Crippen LogP contribution < -0.4 is 0 Å². The molecule has 5 rings (SSSR count). The molecule has 0 spiro atoms. The largest absolute Gasteiger partial charge is 0.469 e. The predicted octanol–water partition coefficient (Wildman–Crippen LogP) is 4.77. The Labute approximate surface area is 209 Å². The van der Waals surface area contributed by atoms with Gasteiger partial charge in [-0.05, 0) is 88.5 Å². The molecule has 7 atom stereocenters. The van der Waals surface area contributed by atoms with E-state index < -0.39 is 32.9 Å². The van der Waals surface area contributed by atoms with Crippen LogP contribution in [0.2, 0.25) is 0 Å². The first-order valence-electron chi connectivity index (χ1n) is 13.3. The summed E-state index contributed by atoms with van der Waals surface area (Å²) >= 11 is 0. The normalized spacial score (nSPS) is 49.6. The molecule has 6 nitrogen and oxygen atoms in total. The zero-order valence-corrected chi connectivity index (χ0v) is 22.7. The van der Waals surface area contributed by atoms with Gasteiger partial charge in [-0.15, -0.1) is 0 Å². The summed E-state index contributed by atoms with van der Waals surface area (Å²) in [6.45, 7) is 14.2.